The zero-order valence-electron chi connectivity index (χ0n) is 13.7. The first-order valence-electron chi connectivity index (χ1n) is 8.22. The Morgan fingerprint density at radius 2 is 2.12 bits per heavy atom. The van der Waals surface area contributed by atoms with Crippen molar-refractivity contribution in [3.63, 3.8) is 0 Å². The lowest BCUT2D eigenvalue weighted by Gasteiger charge is -2.10. The fourth-order valence-electron chi connectivity index (χ4n) is 3.10. The molecule has 0 radical (unpaired) electrons. The standard InChI is InChI=1S/C18H15ClN2O4S/c19-10-5-6-14(22)12(7-10)17(24)25-9-11-8-16(23)21-13-3-1-2-4-15(13)26-18(21)20-11/h5-8,22H,1-4,9H2. The van der Waals surface area contributed by atoms with Crippen molar-refractivity contribution in [2.24, 2.45) is 0 Å². The van der Waals surface area contributed by atoms with Gasteiger partial charge in [0.15, 0.2) is 4.96 Å². The first-order valence-corrected chi connectivity index (χ1v) is 9.41. The van der Waals surface area contributed by atoms with Gasteiger partial charge in [-0.1, -0.05) is 11.6 Å². The Hall–Kier alpha value is -2.38. The van der Waals surface area contributed by atoms with Crippen molar-refractivity contribution in [2.75, 3.05) is 0 Å². The highest BCUT2D eigenvalue weighted by Gasteiger charge is 2.19. The van der Waals surface area contributed by atoms with E-state index in [0.29, 0.717) is 15.7 Å². The number of aromatic nitrogens is 2. The predicted octanol–water partition coefficient (Wildman–Crippen LogP) is 3.35. The van der Waals surface area contributed by atoms with E-state index in [4.69, 9.17) is 16.3 Å². The number of phenols is 1. The van der Waals surface area contributed by atoms with Gasteiger partial charge in [0.05, 0.1) is 5.69 Å². The molecule has 0 spiro atoms. The highest BCUT2D eigenvalue weighted by atomic mass is 35.5. The molecule has 1 aliphatic carbocycles. The number of phenolic OH excluding ortho intramolecular Hbond substituents is 1. The number of carbonyl (C=O) groups is 1. The summed E-state index contributed by atoms with van der Waals surface area (Å²) in [6, 6.07) is 5.52. The topological polar surface area (TPSA) is 80.9 Å². The van der Waals surface area contributed by atoms with Gasteiger partial charge in [-0.05, 0) is 43.9 Å². The number of hydrogen-bond acceptors (Lipinski definition) is 6. The SMILES string of the molecule is O=C(OCc1cc(=O)n2c3c(sc2n1)CCCC3)c1cc(Cl)ccc1O. The quantitative estimate of drug-likeness (QED) is 0.693. The number of fused-ring (bicyclic) bond motifs is 3. The number of hydrogen-bond donors (Lipinski definition) is 1. The highest BCUT2D eigenvalue weighted by molar-refractivity contribution is 7.17. The van der Waals surface area contributed by atoms with Gasteiger partial charge in [-0.15, -0.1) is 11.3 Å². The van der Waals surface area contributed by atoms with Crippen LogP contribution in [0.3, 0.4) is 0 Å². The van der Waals surface area contributed by atoms with Crippen molar-refractivity contribution in [3.05, 3.63) is 61.5 Å². The fraction of sp³-hybridized carbons (Fsp3) is 0.278. The largest absolute Gasteiger partial charge is 0.507 e. The lowest BCUT2D eigenvalue weighted by Crippen LogP contribution is -2.18. The van der Waals surface area contributed by atoms with Crippen LogP contribution in [0.1, 0.15) is 39.5 Å². The molecule has 1 aliphatic rings. The molecule has 6 nitrogen and oxygen atoms in total. The first kappa shape index (κ1) is 17.1. The van der Waals surface area contributed by atoms with Gasteiger partial charge in [-0.25, -0.2) is 9.78 Å². The van der Waals surface area contributed by atoms with Crippen LogP contribution in [0.25, 0.3) is 4.96 Å². The summed E-state index contributed by atoms with van der Waals surface area (Å²) < 4.78 is 6.85. The van der Waals surface area contributed by atoms with Crippen LogP contribution in [0.5, 0.6) is 5.75 Å². The third-order valence-electron chi connectivity index (χ3n) is 4.34. The fourth-order valence-corrected chi connectivity index (χ4v) is 4.51. The molecule has 134 valence electrons. The molecule has 2 aromatic heterocycles. The number of aromatic hydroxyl groups is 1. The highest BCUT2D eigenvalue weighted by Crippen LogP contribution is 2.28. The summed E-state index contributed by atoms with van der Waals surface area (Å²) >= 11 is 7.36. The minimum atomic E-state index is -0.725. The second-order valence-electron chi connectivity index (χ2n) is 6.12. The van der Waals surface area contributed by atoms with E-state index in [2.05, 4.69) is 4.98 Å². The number of thiazole rings is 1. The zero-order valence-corrected chi connectivity index (χ0v) is 15.3. The Bertz CT molecular complexity index is 1070. The molecule has 3 aromatic rings. The van der Waals surface area contributed by atoms with E-state index >= 15 is 0 Å². The minimum absolute atomic E-state index is 0.0260. The Morgan fingerprint density at radius 3 is 2.96 bits per heavy atom. The Kier molecular flexibility index (Phi) is 4.42. The molecule has 0 aliphatic heterocycles. The molecule has 0 unspecified atom stereocenters. The summed E-state index contributed by atoms with van der Waals surface area (Å²) in [5.74, 6) is -0.939. The number of aryl methyl sites for hydroxylation is 2. The molecule has 8 heteroatoms. The van der Waals surface area contributed by atoms with E-state index in [9.17, 15) is 14.7 Å². The Morgan fingerprint density at radius 1 is 1.31 bits per heavy atom. The van der Waals surface area contributed by atoms with Gasteiger partial charge in [-0.2, -0.15) is 0 Å². The third kappa shape index (κ3) is 3.08. The molecule has 2 heterocycles. The number of halogens is 1. The molecule has 1 aromatic carbocycles. The van der Waals surface area contributed by atoms with Crippen molar-refractivity contribution in [1.29, 1.82) is 0 Å². The van der Waals surface area contributed by atoms with Gasteiger partial charge >= 0.3 is 5.97 Å². The smallest absolute Gasteiger partial charge is 0.342 e. The second kappa shape index (κ2) is 6.74. The summed E-state index contributed by atoms with van der Waals surface area (Å²) in [7, 11) is 0. The molecule has 0 atom stereocenters. The molecular weight excluding hydrogens is 376 g/mol. The molecular formula is C18H15ClN2O4S. The van der Waals surface area contributed by atoms with Crippen molar-refractivity contribution < 1.29 is 14.6 Å². The van der Waals surface area contributed by atoms with Gasteiger partial charge in [0.1, 0.15) is 17.9 Å². The van der Waals surface area contributed by atoms with E-state index in [-0.39, 0.29) is 23.5 Å². The van der Waals surface area contributed by atoms with E-state index in [1.165, 1.54) is 40.5 Å². The normalized spacial score (nSPS) is 13.6. The number of carbonyl (C=O) groups excluding carboxylic acids is 1. The van der Waals surface area contributed by atoms with Crippen LogP contribution < -0.4 is 5.56 Å². The maximum Gasteiger partial charge on any atom is 0.342 e. The number of ether oxygens (including phenoxy) is 1. The van der Waals surface area contributed by atoms with Crippen LogP contribution in [0.4, 0.5) is 0 Å². The number of rotatable bonds is 3. The van der Waals surface area contributed by atoms with Gasteiger partial charge in [0.25, 0.3) is 5.56 Å². The van der Waals surface area contributed by atoms with Crippen LogP contribution in [-0.2, 0) is 24.2 Å². The van der Waals surface area contributed by atoms with Gasteiger partial charge in [-0.3, -0.25) is 9.20 Å². The Labute approximate surface area is 157 Å². The average molecular weight is 391 g/mol. The van der Waals surface area contributed by atoms with Gasteiger partial charge < -0.3 is 9.84 Å². The Balaban J connectivity index is 1.59. The van der Waals surface area contributed by atoms with Crippen LogP contribution in [0, 0.1) is 0 Å². The molecule has 0 amide bonds. The molecule has 0 saturated carbocycles. The van der Waals surface area contributed by atoms with E-state index in [0.717, 1.165) is 31.4 Å². The molecule has 0 saturated heterocycles. The average Bonchev–Trinajstić information content (AvgIpc) is 3.00. The van der Waals surface area contributed by atoms with Crippen molar-refractivity contribution in [2.45, 2.75) is 32.3 Å². The maximum absolute atomic E-state index is 12.5. The summed E-state index contributed by atoms with van der Waals surface area (Å²) in [6.45, 7) is -0.154. The van der Waals surface area contributed by atoms with E-state index < -0.39 is 5.97 Å². The summed E-state index contributed by atoms with van der Waals surface area (Å²) in [5.41, 5.74) is 1.25. The van der Waals surface area contributed by atoms with E-state index in [1.54, 1.807) is 4.40 Å². The van der Waals surface area contributed by atoms with Crippen molar-refractivity contribution in [1.82, 2.24) is 9.38 Å². The molecule has 0 fully saturated rings. The lowest BCUT2D eigenvalue weighted by molar-refractivity contribution is 0.0464. The first-order chi connectivity index (χ1) is 12.5. The molecule has 4 rings (SSSR count). The van der Waals surface area contributed by atoms with Gasteiger partial charge in [0.2, 0.25) is 0 Å². The zero-order chi connectivity index (χ0) is 18.3. The third-order valence-corrected chi connectivity index (χ3v) is 5.72. The van der Waals surface area contributed by atoms with Crippen LogP contribution in [0.15, 0.2) is 29.1 Å². The molecule has 0 bridgehead atoms. The number of nitrogens with zero attached hydrogens (tertiary/aromatic N) is 2. The van der Waals surface area contributed by atoms with Crippen LogP contribution in [-0.4, -0.2) is 20.5 Å². The number of esters is 1. The summed E-state index contributed by atoms with van der Waals surface area (Å²) in [5, 5.41) is 10.1. The van der Waals surface area contributed by atoms with E-state index in [1.807, 2.05) is 0 Å². The van der Waals surface area contributed by atoms with Crippen LogP contribution >= 0.6 is 22.9 Å². The van der Waals surface area contributed by atoms with Gasteiger partial charge in [0, 0.05) is 21.7 Å². The second-order valence-corrected chi connectivity index (χ2v) is 7.62. The monoisotopic (exact) mass is 390 g/mol. The minimum Gasteiger partial charge on any atom is -0.507 e. The maximum atomic E-state index is 12.5. The predicted molar refractivity (Wildman–Crippen MR) is 98.2 cm³/mol. The molecule has 1 N–H and O–H groups in total. The van der Waals surface area contributed by atoms with Crippen molar-refractivity contribution in [3.8, 4) is 5.75 Å². The summed E-state index contributed by atoms with van der Waals surface area (Å²) in [4.78, 5) is 30.9. The molecule has 26 heavy (non-hydrogen) atoms. The van der Waals surface area contributed by atoms with Crippen molar-refractivity contribution >= 4 is 33.9 Å². The van der Waals surface area contributed by atoms with Crippen LogP contribution in [0.2, 0.25) is 5.02 Å². The number of benzene rings is 1. The summed E-state index contributed by atoms with van der Waals surface area (Å²) in [6.07, 6.45) is 4.07. The lowest BCUT2D eigenvalue weighted by atomic mass is 10.0.